The van der Waals surface area contributed by atoms with E-state index < -0.39 is 0 Å². The zero-order valence-corrected chi connectivity index (χ0v) is 12.3. The molecule has 0 bridgehead atoms. The lowest BCUT2D eigenvalue weighted by Gasteiger charge is -2.24. The zero-order valence-electron chi connectivity index (χ0n) is 11.5. The van der Waals surface area contributed by atoms with Crippen LogP contribution in [-0.4, -0.2) is 28.9 Å². The number of thiophene rings is 1. The number of carbonyl (C=O) groups excluding carboxylic acids is 1. The standard InChI is InChI=1S/C14H19N3OS/c1-4-5-9(2)17(3)14(18)13-12(15)10-6-7-16-8-11(10)19-13/h6-9H,4-5,15H2,1-3H3. The van der Waals surface area contributed by atoms with Crippen molar-refractivity contribution in [1.29, 1.82) is 0 Å². The van der Waals surface area contributed by atoms with Gasteiger partial charge in [0.2, 0.25) is 0 Å². The van der Waals surface area contributed by atoms with Crippen molar-refractivity contribution in [3.8, 4) is 0 Å². The van der Waals surface area contributed by atoms with Crippen molar-refractivity contribution < 1.29 is 4.79 Å². The number of hydrogen-bond donors (Lipinski definition) is 1. The number of amides is 1. The summed E-state index contributed by atoms with van der Waals surface area (Å²) in [7, 11) is 1.84. The number of pyridine rings is 1. The van der Waals surface area contributed by atoms with Gasteiger partial charge in [-0.1, -0.05) is 13.3 Å². The summed E-state index contributed by atoms with van der Waals surface area (Å²) in [6, 6.07) is 2.08. The molecule has 102 valence electrons. The first-order valence-electron chi connectivity index (χ1n) is 6.45. The predicted octanol–water partition coefficient (Wildman–Crippen LogP) is 3.14. The average molecular weight is 277 g/mol. The second-order valence-electron chi connectivity index (χ2n) is 4.77. The van der Waals surface area contributed by atoms with Crippen LogP contribution in [0.4, 0.5) is 5.69 Å². The molecule has 0 spiro atoms. The molecule has 0 aliphatic heterocycles. The molecule has 0 aromatic carbocycles. The van der Waals surface area contributed by atoms with Crippen LogP contribution in [0.2, 0.25) is 0 Å². The minimum absolute atomic E-state index is 0.000324. The van der Waals surface area contributed by atoms with Crippen molar-refractivity contribution >= 4 is 33.0 Å². The molecule has 2 aromatic heterocycles. The Hall–Kier alpha value is -1.62. The van der Waals surface area contributed by atoms with Crippen LogP contribution in [0.25, 0.3) is 10.1 Å². The SMILES string of the molecule is CCCC(C)N(C)C(=O)c1sc2cnccc2c1N. The molecule has 19 heavy (non-hydrogen) atoms. The van der Waals surface area contributed by atoms with Crippen LogP contribution in [0.3, 0.4) is 0 Å². The molecule has 0 aliphatic carbocycles. The van der Waals surface area contributed by atoms with Crippen molar-refractivity contribution in [3.63, 3.8) is 0 Å². The van der Waals surface area contributed by atoms with Gasteiger partial charge in [0.25, 0.3) is 5.91 Å². The molecular formula is C14H19N3OS. The van der Waals surface area contributed by atoms with Gasteiger partial charge in [-0.3, -0.25) is 9.78 Å². The number of carbonyl (C=O) groups is 1. The highest BCUT2D eigenvalue weighted by Gasteiger charge is 2.22. The molecular weight excluding hydrogens is 258 g/mol. The largest absolute Gasteiger partial charge is 0.397 e. The third-order valence-corrected chi connectivity index (χ3v) is 4.56. The molecule has 2 heterocycles. The number of anilines is 1. The molecule has 0 aliphatic rings. The molecule has 0 saturated heterocycles. The molecule has 0 saturated carbocycles. The summed E-state index contributed by atoms with van der Waals surface area (Å²) in [5.74, 6) is -0.000324. The van der Waals surface area contributed by atoms with Crippen molar-refractivity contribution in [3.05, 3.63) is 23.3 Å². The Morgan fingerprint density at radius 1 is 1.58 bits per heavy atom. The first kappa shape index (κ1) is 13.8. The fourth-order valence-electron chi connectivity index (χ4n) is 2.10. The van der Waals surface area contributed by atoms with Gasteiger partial charge in [-0.2, -0.15) is 0 Å². The van der Waals surface area contributed by atoms with Crippen molar-refractivity contribution in [2.45, 2.75) is 32.7 Å². The van der Waals surface area contributed by atoms with E-state index in [-0.39, 0.29) is 11.9 Å². The first-order chi connectivity index (χ1) is 9.06. The van der Waals surface area contributed by atoms with Crippen LogP contribution in [0.15, 0.2) is 18.5 Å². The predicted molar refractivity (Wildman–Crippen MR) is 80.5 cm³/mol. The molecule has 2 aromatic rings. The number of hydrogen-bond acceptors (Lipinski definition) is 4. The number of nitrogens with two attached hydrogens (primary N) is 1. The van der Waals surface area contributed by atoms with E-state index in [9.17, 15) is 4.79 Å². The maximum atomic E-state index is 12.5. The van der Waals surface area contributed by atoms with Gasteiger partial charge in [-0.05, 0) is 19.4 Å². The van der Waals surface area contributed by atoms with Crippen LogP contribution < -0.4 is 5.73 Å². The van der Waals surface area contributed by atoms with Gasteiger partial charge in [-0.25, -0.2) is 0 Å². The van der Waals surface area contributed by atoms with Gasteiger partial charge < -0.3 is 10.6 Å². The first-order valence-corrected chi connectivity index (χ1v) is 7.27. The van der Waals surface area contributed by atoms with E-state index in [4.69, 9.17) is 5.73 Å². The number of nitrogen functional groups attached to an aromatic ring is 1. The molecule has 5 heteroatoms. The van der Waals surface area contributed by atoms with Crippen LogP contribution in [0.1, 0.15) is 36.4 Å². The van der Waals surface area contributed by atoms with Gasteiger partial charge >= 0.3 is 0 Å². The van der Waals surface area contributed by atoms with Crippen molar-refractivity contribution in [1.82, 2.24) is 9.88 Å². The van der Waals surface area contributed by atoms with Crippen LogP contribution >= 0.6 is 11.3 Å². The fourth-order valence-corrected chi connectivity index (χ4v) is 3.17. The second-order valence-corrected chi connectivity index (χ2v) is 5.82. The highest BCUT2D eigenvalue weighted by atomic mass is 32.1. The van der Waals surface area contributed by atoms with E-state index in [0.717, 1.165) is 22.9 Å². The third kappa shape index (κ3) is 2.56. The Balaban J connectivity index is 2.33. The lowest BCUT2D eigenvalue weighted by molar-refractivity contribution is 0.0742. The summed E-state index contributed by atoms with van der Waals surface area (Å²) >= 11 is 1.42. The molecule has 1 amide bonds. The summed E-state index contributed by atoms with van der Waals surface area (Å²) in [6.07, 6.45) is 5.50. The fraction of sp³-hybridized carbons (Fsp3) is 0.429. The molecule has 0 fully saturated rings. The maximum Gasteiger partial charge on any atom is 0.266 e. The van der Waals surface area contributed by atoms with E-state index in [2.05, 4.69) is 18.8 Å². The number of rotatable bonds is 4. The van der Waals surface area contributed by atoms with Crippen LogP contribution in [-0.2, 0) is 0 Å². The smallest absolute Gasteiger partial charge is 0.266 e. The summed E-state index contributed by atoms with van der Waals surface area (Å²) in [4.78, 5) is 18.9. The number of nitrogens with zero attached hydrogens (tertiary/aromatic N) is 2. The molecule has 4 nitrogen and oxygen atoms in total. The highest BCUT2D eigenvalue weighted by molar-refractivity contribution is 7.21. The van der Waals surface area contributed by atoms with E-state index in [1.54, 1.807) is 17.3 Å². The molecule has 1 atom stereocenters. The minimum Gasteiger partial charge on any atom is -0.397 e. The lowest BCUT2D eigenvalue weighted by atomic mass is 10.1. The Bertz CT molecular complexity index is 593. The van der Waals surface area contributed by atoms with E-state index in [0.29, 0.717) is 10.6 Å². The molecule has 1 unspecified atom stereocenters. The van der Waals surface area contributed by atoms with Crippen molar-refractivity contribution in [2.75, 3.05) is 12.8 Å². The Morgan fingerprint density at radius 2 is 2.32 bits per heavy atom. The second kappa shape index (κ2) is 5.57. The van der Waals surface area contributed by atoms with Gasteiger partial charge in [0.15, 0.2) is 0 Å². The highest BCUT2D eigenvalue weighted by Crippen LogP contribution is 2.33. The Labute approximate surface area is 117 Å². The zero-order chi connectivity index (χ0) is 14.0. The lowest BCUT2D eigenvalue weighted by Crippen LogP contribution is -2.34. The summed E-state index contributed by atoms with van der Waals surface area (Å²) in [5, 5.41) is 0.917. The van der Waals surface area contributed by atoms with Gasteiger partial charge in [0, 0.05) is 30.9 Å². The third-order valence-electron chi connectivity index (χ3n) is 3.41. The van der Waals surface area contributed by atoms with Gasteiger partial charge in [0.05, 0.1) is 10.4 Å². The maximum absolute atomic E-state index is 12.5. The quantitative estimate of drug-likeness (QED) is 0.934. The van der Waals surface area contributed by atoms with Gasteiger partial charge in [0.1, 0.15) is 4.88 Å². The minimum atomic E-state index is -0.000324. The van der Waals surface area contributed by atoms with Crippen LogP contribution in [0, 0.1) is 0 Å². The monoisotopic (exact) mass is 277 g/mol. The Kier molecular flexibility index (Phi) is 4.04. The summed E-state index contributed by atoms with van der Waals surface area (Å²) in [5.41, 5.74) is 6.66. The average Bonchev–Trinajstić information content (AvgIpc) is 2.75. The molecule has 2 N–H and O–H groups in total. The summed E-state index contributed by atoms with van der Waals surface area (Å²) in [6.45, 7) is 4.18. The van der Waals surface area contributed by atoms with Crippen LogP contribution in [0.5, 0.6) is 0 Å². The molecule has 2 rings (SSSR count). The van der Waals surface area contributed by atoms with E-state index >= 15 is 0 Å². The molecule has 0 radical (unpaired) electrons. The van der Waals surface area contributed by atoms with E-state index in [1.807, 2.05) is 13.1 Å². The topological polar surface area (TPSA) is 59.2 Å². The summed E-state index contributed by atoms with van der Waals surface area (Å²) < 4.78 is 0.958. The van der Waals surface area contributed by atoms with Gasteiger partial charge in [-0.15, -0.1) is 11.3 Å². The van der Waals surface area contributed by atoms with Crippen molar-refractivity contribution in [2.24, 2.45) is 0 Å². The van der Waals surface area contributed by atoms with E-state index in [1.165, 1.54) is 11.3 Å². The Morgan fingerprint density at radius 3 is 2.95 bits per heavy atom. The normalized spacial score (nSPS) is 12.6. The number of fused-ring (bicyclic) bond motifs is 1. The number of aromatic nitrogens is 1.